The third-order valence-electron chi connectivity index (χ3n) is 8.96. The molecule has 0 bridgehead atoms. The number of rotatable bonds is 32. The minimum Gasteiger partial charge on any atom is -0.449 e. The van der Waals surface area contributed by atoms with E-state index in [1.807, 2.05) is 24.3 Å². The van der Waals surface area contributed by atoms with Crippen LogP contribution in [0.3, 0.4) is 0 Å². The molecule has 1 aliphatic rings. The number of hydrogen-bond donors (Lipinski definition) is 1. The van der Waals surface area contributed by atoms with E-state index in [0.717, 1.165) is 13.0 Å². The summed E-state index contributed by atoms with van der Waals surface area (Å²) in [6.07, 6.45) is 18.1. The molecule has 2 aromatic carbocycles. The maximum atomic E-state index is 12.3. The first-order chi connectivity index (χ1) is 24.3. The number of carbonyl (C=O) groups is 1. The van der Waals surface area contributed by atoms with Gasteiger partial charge in [-0.2, -0.15) is 0 Å². The van der Waals surface area contributed by atoms with Crippen molar-refractivity contribution in [3.05, 3.63) is 59.7 Å². The molecule has 0 unspecified atom stereocenters. The van der Waals surface area contributed by atoms with Crippen LogP contribution in [0.4, 0.5) is 4.79 Å². The van der Waals surface area contributed by atoms with E-state index in [4.69, 9.17) is 28.4 Å². The highest BCUT2D eigenvalue weighted by Crippen LogP contribution is 2.44. The largest absolute Gasteiger partial charge is 0.449 e. The van der Waals surface area contributed by atoms with Crippen molar-refractivity contribution in [3.8, 4) is 11.1 Å². The van der Waals surface area contributed by atoms with Gasteiger partial charge in [0.05, 0.1) is 52.9 Å². The van der Waals surface area contributed by atoms with Gasteiger partial charge in [0.1, 0.15) is 6.61 Å². The number of hydrogen-bond acceptors (Lipinski definition) is 7. The number of alkyl carbamates (subject to hydrolysis) is 1. The molecule has 0 radical (unpaired) electrons. The van der Waals surface area contributed by atoms with Crippen molar-refractivity contribution in [1.29, 1.82) is 0 Å². The predicted molar refractivity (Wildman–Crippen MR) is 197 cm³/mol. The molecule has 1 aliphatic carbocycles. The van der Waals surface area contributed by atoms with Gasteiger partial charge in [0.15, 0.2) is 0 Å². The van der Waals surface area contributed by atoms with Crippen LogP contribution in [-0.4, -0.2) is 85.3 Å². The number of unbranched alkanes of at least 4 members (excludes halogenated alkanes) is 12. The average molecular weight is 684 g/mol. The van der Waals surface area contributed by atoms with Gasteiger partial charge in [-0.25, -0.2) is 4.79 Å². The SMILES string of the molecule is CCCCCCCCCCCCCCCOCCOCCOCCOCCOCCCNC(=O)OCC1c2ccccc2-c2ccccc21. The molecule has 0 atom stereocenters. The molecule has 1 amide bonds. The lowest BCUT2D eigenvalue weighted by Gasteiger charge is -2.14. The Balaban J connectivity index is 0.979. The molecule has 0 saturated carbocycles. The normalized spacial score (nSPS) is 12.3. The molecule has 49 heavy (non-hydrogen) atoms. The van der Waals surface area contributed by atoms with Gasteiger partial charge in [-0.15, -0.1) is 0 Å². The van der Waals surface area contributed by atoms with Gasteiger partial charge in [-0.3, -0.25) is 0 Å². The molecular formula is C41H65NO7. The minimum atomic E-state index is -0.399. The fraction of sp³-hybridized carbons (Fsp3) is 0.683. The highest BCUT2D eigenvalue weighted by Gasteiger charge is 2.28. The van der Waals surface area contributed by atoms with Gasteiger partial charge in [0.2, 0.25) is 0 Å². The molecule has 0 heterocycles. The van der Waals surface area contributed by atoms with Gasteiger partial charge < -0.3 is 33.7 Å². The number of benzene rings is 2. The van der Waals surface area contributed by atoms with E-state index < -0.39 is 6.09 Å². The first-order valence-corrected chi connectivity index (χ1v) is 19.3. The Labute approximate surface area is 296 Å². The lowest BCUT2D eigenvalue weighted by atomic mass is 9.98. The maximum absolute atomic E-state index is 12.3. The molecule has 0 fully saturated rings. The van der Waals surface area contributed by atoms with E-state index in [1.165, 1.54) is 99.3 Å². The summed E-state index contributed by atoms with van der Waals surface area (Å²) in [5.41, 5.74) is 4.85. The molecular weight excluding hydrogens is 618 g/mol. The van der Waals surface area contributed by atoms with Gasteiger partial charge in [0.25, 0.3) is 0 Å². The topological polar surface area (TPSA) is 84.5 Å². The zero-order valence-corrected chi connectivity index (χ0v) is 30.4. The molecule has 2 aromatic rings. The van der Waals surface area contributed by atoms with Crippen LogP contribution in [0.5, 0.6) is 0 Å². The monoisotopic (exact) mass is 683 g/mol. The third kappa shape index (κ3) is 18.4. The van der Waals surface area contributed by atoms with Crippen LogP contribution in [-0.2, 0) is 28.4 Å². The van der Waals surface area contributed by atoms with E-state index in [-0.39, 0.29) is 5.92 Å². The standard InChI is InChI=1S/C41H65NO7/c1-2-3-4-5-6-7-8-9-10-11-12-13-18-25-44-27-29-46-31-33-48-34-32-47-30-28-45-26-19-24-42-41(43)49-35-40-38-22-16-14-20-36(38)37-21-15-17-23-39(37)40/h14-17,20-23,40H,2-13,18-19,24-35H2,1H3,(H,42,43). The molecule has 3 rings (SSSR count). The van der Waals surface area contributed by atoms with Crippen LogP contribution in [0.2, 0.25) is 0 Å². The highest BCUT2D eigenvalue weighted by atomic mass is 16.6. The lowest BCUT2D eigenvalue weighted by Crippen LogP contribution is -2.27. The summed E-state index contributed by atoms with van der Waals surface area (Å²) in [5, 5.41) is 2.82. The molecule has 276 valence electrons. The highest BCUT2D eigenvalue weighted by molar-refractivity contribution is 5.79. The van der Waals surface area contributed by atoms with Crippen LogP contribution in [0.25, 0.3) is 11.1 Å². The van der Waals surface area contributed by atoms with Crippen molar-refractivity contribution in [2.24, 2.45) is 0 Å². The summed E-state index contributed by atoms with van der Waals surface area (Å²) >= 11 is 0. The Morgan fingerprint density at radius 3 is 1.37 bits per heavy atom. The van der Waals surface area contributed by atoms with Crippen molar-refractivity contribution in [2.75, 3.05) is 79.2 Å². The van der Waals surface area contributed by atoms with Gasteiger partial charge in [-0.05, 0) is 35.1 Å². The van der Waals surface area contributed by atoms with E-state index >= 15 is 0 Å². The second-order valence-electron chi connectivity index (χ2n) is 12.9. The number of amides is 1. The van der Waals surface area contributed by atoms with Crippen LogP contribution in [0, 0.1) is 0 Å². The third-order valence-corrected chi connectivity index (χ3v) is 8.96. The summed E-state index contributed by atoms with van der Waals surface area (Å²) in [4.78, 5) is 12.3. The van der Waals surface area contributed by atoms with Crippen molar-refractivity contribution in [3.63, 3.8) is 0 Å². The van der Waals surface area contributed by atoms with Crippen LogP contribution < -0.4 is 5.32 Å². The molecule has 0 spiro atoms. The van der Waals surface area contributed by atoms with Crippen LogP contribution in [0.1, 0.15) is 114 Å². The summed E-state index contributed by atoms with van der Waals surface area (Å²) in [5.74, 6) is 0.0637. The zero-order valence-electron chi connectivity index (χ0n) is 30.4. The van der Waals surface area contributed by atoms with Gasteiger partial charge in [-0.1, -0.05) is 133 Å². The van der Waals surface area contributed by atoms with Crippen molar-refractivity contribution < 1.29 is 33.2 Å². The molecule has 0 aliphatic heterocycles. The Morgan fingerprint density at radius 2 is 0.898 bits per heavy atom. The van der Waals surface area contributed by atoms with E-state index in [0.29, 0.717) is 79.0 Å². The van der Waals surface area contributed by atoms with E-state index in [9.17, 15) is 4.79 Å². The van der Waals surface area contributed by atoms with Crippen molar-refractivity contribution in [1.82, 2.24) is 5.32 Å². The molecule has 0 saturated heterocycles. The Bertz CT molecular complexity index is 1050. The quantitative estimate of drug-likeness (QED) is 0.0771. The second-order valence-corrected chi connectivity index (χ2v) is 12.9. The molecule has 1 N–H and O–H groups in total. The lowest BCUT2D eigenvalue weighted by molar-refractivity contribution is -0.0113. The first-order valence-electron chi connectivity index (χ1n) is 19.3. The predicted octanol–water partition coefficient (Wildman–Crippen LogP) is 9.09. The Hall–Kier alpha value is -2.49. The van der Waals surface area contributed by atoms with E-state index in [1.54, 1.807) is 0 Å². The average Bonchev–Trinajstić information content (AvgIpc) is 3.45. The number of carbonyl (C=O) groups excluding carboxylic acids is 1. The first kappa shape index (κ1) is 40.9. The smallest absolute Gasteiger partial charge is 0.407 e. The Morgan fingerprint density at radius 1 is 0.510 bits per heavy atom. The summed E-state index contributed by atoms with van der Waals surface area (Å²) in [6.45, 7) is 8.91. The number of fused-ring (bicyclic) bond motifs is 3. The van der Waals surface area contributed by atoms with Crippen molar-refractivity contribution in [2.45, 2.75) is 103 Å². The Kier molecular flexibility index (Phi) is 23.6. The van der Waals surface area contributed by atoms with Crippen LogP contribution in [0.15, 0.2) is 48.5 Å². The number of nitrogens with one attached hydrogen (secondary N) is 1. The fourth-order valence-corrected chi connectivity index (χ4v) is 6.22. The maximum Gasteiger partial charge on any atom is 0.407 e. The summed E-state index contributed by atoms with van der Waals surface area (Å²) in [6, 6.07) is 16.6. The van der Waals surface area contributed by atoms with Crippen LogP contribution >= 0.6 is 0 Å². The minimum absolute atomic E-state index is 0.0637. The molecule has 0 aromatic heterocycles. The number of ether oxygens (including phenoxy) is 6. The van der Waals surface area contributed by atoms with Gasteiger partial charge >= 0.3 is 6.09 Å². The van der Waals surface area contributed by atoms with Crippen molar-refractivity contribution >= 4 is 6.09 Å². The summed E-state index contributed by atoms with van der Waals surface area (Å²) < 4.78 is 33.5. The summed E-state index contributed by atoms with van der Waals surface area (Å²) in [7, 11) is 0. The van der Waals surface area contributed by atoms with E-state index in [2.05, 4.69) is 36.5 Å². The zero-order chi connectivity index (χ0) is 34.5. The fourth-order valence-electron chi connectivity index (χ4n) is 6.22. The molecule has 8 nitrogen and oxygen atoms in total. The second kappa shape index (κ2) is 28.2. The molecule has 8 heteroatoms. The van der Waals surface area contributed by atoms with Gasteiger partial charge in [0, 0.05) is 25.7 Å².